The highest BCUT2D eigenvalue weighted by atomic mass is 19.1. The van der Waals surface area contributed by atoms with Gasteiger partial charge in [-0.05, 0) is 54.7 Å². The minimum absolute atomic E-state index is 0.00722. The molecule has 2 aromatic rings. The van der Waals surface area contributed by atoms with Gasteiger partial charge in [0.2, 0.25) is 0 Å². The van der Waals surface area contributed by atoms with Crippen molar-refractivity contribution >= 4 is 5.69 Å². The molecule has 1 aliphatic rings. The number of nitrogens with one attached hydrogen (secondary N) is 1. The minimum Gasteiger partial charge on any atom is -0.497 e. The smallest absolute Gasteiger partial charge is 0.146 e. The summed E-state index contributed by atoms with van der Waals surface area (Å²) in [5.41, 5.74) is 1.27. The van der Waals surface area contributed by atoms with Gasteiger partial charge in [0, 0.05) is 0 Å². The predicted octanol–water partition coefficient (Wildman–Crippen LogP) is 4.54. The molecule has 1 N–H and O–H groups in total. The Balaban J connectivity index is 1.86. The zero-order valence-corrected chi connectivity index (χ0v) is 11.8. The summed E-state index contributed by atoms with van der Waals surface area (Å²) in [4.78, 5) is 0. The van der Waals surface area contributed by atoms with Crippen molar-refractivity contribution in [2.75, 3.05) is 12.4 Å². The summed E-state index contributed by atoms with van der Waals surface area (Å²) >= 11 is 0. The van der Waals surface area contributed by atoms with Gasteiger partial charge in [0.25, 0.3) is 0 Å². The molecule has 2 nitrogen and oxygen atoms in total. The Kier molecular flexibility index (Phi) is 3.78. The molecule has 0 saturated heterocycles. The maximum absolute atomic E-state index is 13.8. The molecular weight excluding hydrogens is 272 g/mol. The third-order valence-corrected chi connectivity index (χ3v) is 3.81. The second-order valence-corrected chi connectivity index (χ2v) is 5.36. The fourth-order valence-corrected chi connectivity index (χ4v) is 2.49. The molecule has 1 fully saturated rings. The number of halogens is 2. The lowest BCUT2D eigenvalue weighted by Crippen LogP contribution is -2.14. The largest absolute Gasteiger partial charge is 0.497 e. The maximum Gasteiger partial charge on any atom is 0.146 e. The quantitative estimate of drug-likeness (QED) is 0.872. The normalized spacial score (nSPS) is 15.6. The van der Waals surface area contributed by atoms with E-state index in [0.717, 1.165) is 36.3 Å². The average molecular weight is 289 g/mol. The van der Waals surface area contributed by atoms with Crippen LogP contribution in [0.25, 0.3) is 0 Å². The minimum atomic E-state index is -0.442. The topological polar surface area (TPSA) is 21.3 Å². The summed E-state index contributed by atoms with van der Waals surface area (Å²) in [5, 5.41) is 3.15. The first-order valence-electron chi connectivity index (χ1n) is 7.03. The van der Waals surface area contributed by atoms with Crippen LogP contribution in [0.5, 0.6) is 5.75 Å². The number of hydrogen-bond acceptors (Lipinski definition) is 2. The molecule has 3 rings (SSSR count). The van der Waals surface area contributed by atoms with Gasteiger partial charge in [0.15, 0.2) is 0 Å². The molecule has 2 aromatic carbocycles. The van der Waals surface area contributed by atoms with Gasteiger partial charge < -0.3 is 10.1 Å². The van der Waals surface area contributed by atoms with Crippen LogP contribution in [-0.2, 0) is 0 Å². The number of anilines is 1. The Labute approximate surface area is 122 Å². The lowest BCUT2D eigenvalue weighted by atomic mass is 10.0. The molecule has 0 aliphatic heterocycles. The number of ether oxygens (including phenoxy) is 1. The molecule has 0 bridgehead atoms. The highest BCUT2D eigenvalue weighted by molar-refractivity contribution is 5.48. The van der Waals surface area contributed by atoms with Crippen LogP contribution in [0, 0.1) is 17.6 Å². The first-order valence-corrected chi connectivity index (χ1v) is 7.03. The van der Waals surface area contributed by atoms with E-state index in [-0.39, 0.29) is 11.7 Å². The Morgan fingerprint density at radius 3 is 2.43 bits per heavy atom. The molecule has 1 aliphatic carbocycles. The van der Waals surface area contributed by atoms with E-state index in [2.05, 4.69) is 5.32 Å². The third kappa shape index (κ3) is 3.15. The molecule has 110 valence electrons. The summed E-state index contributed by atoms with van der Waals surface area (Å²) in [6, 6.07) is 11.2. The lowest BCUT2D eigenvalue weighted by molar-refractivity contribution is 0.414. The van der Waals surface area contributed by atoms with Gasteiger partial charge in [-0.15, -0.1) is 0 Å². The molecule has 0 amide bonds. The van der Waals surface area contributed by atoms with Crippen LogP contribution in [0.4, 0.5) is 14.5 Å². The first kappa shape index (κ1) is 13.9. The number of rotatable bonds is 5. The standard InChI is InChI=1S/C17H17F2NO/c1-21-14-7-4-12(5-8-14)17(11-2-3-11)20-16-10-13(18)6-9-15(16)19/h4-11,17,20H,2-3H2,1H3. The molecular formula is C17H17F2NO. The van der Waals surface area contributed by atoms with Crippen molar-refractivity contribution in [2.24, 2.45) is 5.92 Å². The van der Waals surface area contributed by atoms with E-state index in [0.29, 0.717) is 5.92 Å². The van der Waals surface area contributed by atoms with Crippen LogP contribution in [0.15, 0.2) is 42.5 Å². The Morgan fingerprint density at radius 2 is 1.81 bits per heavy atom. The summed E-state index contributed by atoms with van der Waals surface area (Å²) in [7, 11) is 1.62. The number of hydrogen-bond donors (Lipinski definition) is 1. The zero-order valence-electron chi connectivity index (χ0n) is 11.8. The summed E-state index contributed by atoms with van der Waals surface area (Å²) in [5.74, 6) is 0.366. The first-order chi connectivity index (χ1) is 10.2. The van der Waals surface area contributed by atoms with E-state index in [9.17, 15) is 8.78 Å². The maximum atomic E-state index is 13.8. The second-order valence-electron chi connectivity index (χ2n) is 5.36. The van der Waals surface area contributed by atoms with Crippen molar-refractivity contribution in [1.82, 2.24) is 0 Å². The van der Waals surface area contributed by atoms with Crippen LogP contribution < -0.4 is 10.1 Å². The van der Waals surface area contributed by atoms with Gasteiger partial charge >= 0.3 is 0 Å². The van der Waals surface area contributed by atoms with Gasteiger partial charge in [-0.1, -0.05) is 12.1 Å². The predicted molar refractivity (Wildman–Crippen MR) is 78.4 cm³/mol. The van der Waals surface area contributed by atoms with E-state index in [1.807, 2.05) is 24.3 Å². The number of benzene rings is 2. The van der Waals surface area contributed by atoms with E-state index < -0.39 is 11.6 Å². The second kappa shape index (κ2) is 5.72. The van der Waals surface area contributed by atoms with Gasteiger partial charge in [0.05, 0.1) is 18.8 Å². The highest BCUT2D eigenvalue weighted by Crippen LogP contribution is 2.43. The Bertz CT molecular complexity index is 623. The van der Waals surface area contributed by atoms with Crippen molar-refractivity contribution in [1.29, 1.82) is 0 Å². The fourth-order valence-electron chi connectivity index (χ4n) is 2.49. The summed E-state index contributed by atoms with van der Waals surface area (Å²) in [6.07, 6.45) is 2.20. The fraction of sp³-hybridized carbons (Fsp3) is 0.294. The van der Waals surface area contributed by atoms with E-state index in [1.165, 1.54) is 6.07 Å². The SMILES string of the molecule is COc1ccc(C(Nc2cc(F)ccc2F)C2CC2)cc1. The molecule has 1 saturated carbocycles. The van der Waals surface area contributed by atoms with Crippen molar-refractivity contribution in [3.8, 4) is 5.75 Å². The summed E-state index contributed by atoms with van der Waals surface area (Å²) < 4.78 is 32.2. The molecule has 1 atom stereocenters. The van der Waals surface area contributed by atoms with Gasteiger partial charge in [-0.25, -0.2) is 8.78 Å². The van der Waals surface area contributed by atoms with Crippen LogP contribution in [0.3, 0.4) is 0 Å². The van der Waals surface area contributed by atoms with Crippen molar-refractivity contribution in [3.63, 3.8) is 0 Å². The van der Waals surface area contributed by atoms with Gasteiger partial charge in [-0.2, -0.15) is 0 Å². The van der Waals surface area contributed by atoms with Crippen LogP contribution in [0.1, 0.15) is 24.4 Å². The van der Waals surface area contributed by atoms with Gasteiger partial charge in [0.1, 0.15) is 17.4 Å². The van der Waals surface area contributed by atoms with Crippen molar-refractivity contribution in [3.05, 3.63) is 59.7 Å². The monoisotopic (exact) mass is 289 g/mol. The van der Waals surface area contributed by atoms with Crippen LogP contribution >= 0.6 is 0 Å². The highest BCUT2D eigenvalue weighted by Gasteiger charge is 2.32. The van der Waals surface area contributed by atoms with E-state index >= 15 is 0 Å². The van der Waals surface area contributed by atoms with Crippen LogP contribution in [0.2, 0.25) is 0 Å². The van der Waals surface area contributed by atoms with E-state index in [1.54, 1.807) is 7.11 Å². The molecule has 1 unspecified atom stereocenters. The van der Waals surface area contributed by atoms with E-state index in [4.69, 9.17) is 4.74 Å². The van der Waals surface area contributed by atoms with Crippen molar-refractivity contribution < 1.29 is 13.5 Å². The lowest BCUT2D eigenvalue weighted by Gasteiger charge is -2.21. The third-order valence-electron chi connectivity index (χ3n) is 3.81. The molecule has 4 heteroatoms. The zero-order chi connectivity index (χ0) is 14.8. The molecule has 0 spiro atoms. The average Bonchev–Trinajstić information content (AvgIpc) is 3.33. The van der Waals surface area contributed by atoms with Crippen molar-refractivity contribution in [2.45, 2.75) is 18.9 Å². The molecule has 0 heterocycles. The van der Waals surface area contributed by atoms with Gasteiger partial charge in [-0.3, -0.25) is 0 Å². The molecule has 21 heavy (non-hydrogen) atoms. The number of methoxy groups -OCH3 is 1. The Morgan fingerprint density at radius 1 is 1.10 bits per heavy atom. The Hall–Kier alpha value is -2.10. The molecule has 0 radical (unpaired) electrons. The summed E-state index contributed by atoms with van der Waals surface area (Å²) in [6.45, 7) is 0. The van der Waals surface area contributed by atoms with Crippen LogP contribution in [-0.4, -0.2) is 7.11 Å². The molecule has 0 aromatic heterocycles.